The summed E-state index contributed by atoms with van der Waals surface area (Å²) < 4.78 is 10.7. The van der Waals surface area contributed by atoms with Crippen LogP contribution in [0.25, 0.3) is 0 Å². The van der Waals surface area contributed by atoms with E-state index in [1.165, 1.54) is 0 Å². The number of methoxy groups -OCH3 is 1. The summed E-state index contributed by atoms with van der Waals surface area (Å²) in [5, 5.41) is 2.77. The van der Waals surface area contributed by atoms with Crippen LogP contribution in [0, 0.1) is 0 Å². The van der Waals surface area contributed by atoms with E-state index in [1.807, 2.05) is 19.1 Å². The fourth-order valence-electron chi connectivity index (χ4n) is 1.86. The monoisotopic (exact) mass is 315 g/mol. The number of ether oxygens (including phenoxy) is 2. The van der Waals surface area contributed by atoms with E-state index in [0.717, 1.165) is 5.75 Å². The number of aromatic nitrogens is 1. The molecule has 122 valence electrons. The third kappa shape index (κ3) is 5.60. The summed E-state index contributed by atoms with van der Waals surface area (Å²) >= 11 is 0. The predicted octanol–water partition coefficient (Wildman–Crippen LogP) is 2.95. The Labute approximate surface area is 135 Å². The summed E-state index contributed by atoms with van der Waals surface area (Å²) in [6.45, 7) is 1.88. The Morgan fingerprint density at radius 1 is 1.22 bits per heavy atom. The summed E-state index contributed by atoms with van der Waals surface area (Å²) in [4.78, 5) is 15.9. The molecule has 2 rings (SSSR count). The van der Waals surface area contributed by atoms with Gasteiger partial charge in [0.15, 0.2) is 0 Å². The van der Waals surface area contributed by atoms with Crippen LogP contribution in [0.4, 0.5) is 5.69 Å². The first-order valence-corrected chi connectivity index (χ1v) is 7.40. The van der Waals surface area contributed by atoms with Gasteiger partial charge in [-0.25, -0.2) is 4.98 Å². The van der Waals surface area contributed by atoms with Crippen LogP contribution in [-0.4, -0.2) is 24.0 Å². The molecule has 0 saturated heterocycles. The van der Waals surface area contributed by atoms with E-state index in [4.69, 9.17) is 15.2 Å². The molecule has 0 spiro atoms. The number of rotatable bonds is 7. The fraction of sp³-hybridized carbons (Fsp3) is 0.294. The zero-order valence-corrected chi connectivity index (χ0v) is 13.3. The Kier molecular flexibility index (Phi) is 5.94. The summed E-state index contributed by atoms with van der Waals surface area (Å²) in [5.74, 6) is 1.79. The summed E-state index contributed by atoms with van der Waals surface area (Å²) in [5.41, 5.74) is 6.26. The van der Waals surface area contributed by atoms with Gasteiger partial charge in [-0.2, -0.15) is 0 Å². The van der Waals surface area contributed by atoms with Crippen molar-refractivity contribution in [3.8, 4) is 17.4 Å². The van der Waals surface area contributed by atoms with Crippen LogP contribution < -0.4 is 20.5 Å². The maximum atomic E-state index is 11.7. The Bertz CT molecular complexity index is 625. The summed E-state index contributed by atoms with van der Waals surface area (Å²) in [7, 11) is 1.61. The molecule has 0 aliphatic heterocycles. The zero-order chi connectivity index (χ0) is 16.7. The van der Waals surface area contributed by atoms with E-state index >= 15 is 0 Å². The largest absolute Gasteiger partial charge is 0.497 e. The lowest BCUT2D eigenvalue weighted by Crippen LogP contribution is -2.19. The molecule has 1 aromatic heterocycles. The molecular formula is C17H21N3O3. The quantitative estimate of drug-likeness (QED) is 0.820. The minimum Gasteiger partial charge on any atom is -0.497 e. The molecule has 0 saturated carbocycles. The van der Waals surface area contributed by atoms with Crippen molar-refractivity contribution in [2.45, 2.75) is 25.8 Å². The molecule has 3 N–H and O–H groups in total. The molecule has 0 bridgehead atoms. The summed E-state index contributed by atoms with van der Waals surface area (Å²) in [6.07, 6.45) is 2.60. The van der Waals surface area contributed by atoms with Crippen molar-refractivity contribution in [1.82, 2.24) is 4.98 Å². The summed E-state index contributed by atoms with van der Waals surface area (Å²) in [6, 6.07) is 10.7. The number of amides is 1. The molecule has 0 aliphatic carbocycles. The lowest BCUT2D eigenvalue weighted by Gasteiger charge is -2.08. The number of nitrogens with one attached hydrogen (secondary N) is 1. The molecule has 1 unspecified atom stereocenters. The topological polar surface area (TPSA) is 86.5 Å². The highest BCUT2D eigenvalue weighted by molar-refractivity contribution is 5.90. The Balaban J connectivity index is 1.89. The van der Waals surface area contributed by atoms with Gasteiger partial charge in [-0.1, -0.05) is 0 Å². The molecule has 2 aromatic rings. The first-order chi connectivity index (χ1) is 11.1. The van der Waals surface area contributed by atoms with Gasteiger partial charge in [0.05, 0.1) is 19.0 Å². The van der Waals surface area contributed by atoms with Crippen molar-refractivity contribution in [3.05, 3.63) is 42.6 Å². The van der Waals surface area contributed by atoms with Gasteiger partial charge in [0.25, 0.3) is 0 Å². The minimum absolute atomic E-state index is 0.0131. The molecule has 1 aromatic carbocycles. The van der Waals surface area contributed by atoms with Gasteiger partial charge in [0.1, 0.15) is 11.5 Å². The maximum absolute atomic E-state index is 11.7. The van der Waals surface area contributed by atoms with E-state index in [9.17, 15) is 4.79 Å². The van der Waals surface area contributed by atoms with Gasteiger partial charge in [-0.05, 0) is 43.7 Å². The average molecular weight is 315 g/mol. The number of nitrogens with zero attached hydrogens (tertiary/aromatic N) is 1. The number of anilines is 1. The van der Waals surface area contributed by atoms with Crippen LogP contribution in [0.3, 0.4) is 0 Å². The molecule has 0 fully saturated rings. The first kappa shape index (κ1) is 16.8. The second-order valence-corrected chi connectivity index (χ2v) is 5.23. The van der Waals surface area contributed by atoms with Crippen molar-refractivity contribution in [1.29, 1.82) is 0 Å². The first-order valence-electron chi connectivity index (χ1n) is 7.40. The molecule has 23 heavy (non-hydrogen) atoms. The van der Waals surface area contributed by atoms with Crippen LogP contribution in [0.1, 0.15) is 19.8 Å². The number of carbonyl (C=O) groups excluding carboxylic acids is 1. The Morgan fingerprint density at radius 2 is 1.91 bits per heavy atom. The highest BCUT2D eigenvalue weighted by Gasteiger charge is 2.05. The molecule has 6 nitrogen and oxygen atoms in total. The van der Waals surface area contributed by atoms with Crippen molar-refractivity contribution in [2.24, 2.45) is 5.73 Å². The van der Waals surface area contributed by atoms with Gasteiger partial charge in [-0.3, -0.25) is 4.79 Å². The van der Waals surface area contributed by atoms with Crippen molar-refractivity contribution < 1.29 is 14.3 Å². The SMILES string of the molecule is COc1ccc(Oc2ccc(NC(=O)CCC(C)N)cn2)cc1. The van der Waals surface area contributed by atoms with Crippen LogP contribution in [0.2, 0.25) is 0 Å². The average Bonchev–Trinajstić information content (AvgIpc) is 2.55. The lowest BCUT2D eigenvalue weighted by molar-refractivity contribution is -0.116. The van der Waals surface area contributed by atoms with E-state index in [1.54, 1.807) is 37.6 Å². The highest BCUT2D eigenvalue weighted by atomic mass is 16.5. The normalized spacial score (nSPS) is 11.6. The minimum atomic E-state index is -0.0760. The third-order valence-corrected chi connectivity index (χ3v) is 3.13. The van der Waals surface area contributed by atoms with Crippen molar-refractivity contribution in [3.63, 3.8) is 0 Å². The fourth-order valence-corrected chi connectivity index (χ4v) is 1.86. The number of hydrogen-bond acceptors (Lipinski definition) is 5. The standard InChI is InChI=1S/C17H21N3O3/c1-12(18)3-9-16(21)20-13-4-10-17(19-11-13)23-15-7-5-14(22-2)6-8-15/h4-8,10-12H,3,9,18H2,1-2H3,(H,20,21). The Hall–Kier alpha value is -2.60. The molecule has 1 atom stereocenters. The van der Waals surface area contributed by atoms with E-state index in [2.05, 4.69) is 10.3 Å². The number of benzene rings is 1. The van der Waals surface area contributed by atoms with E-state index < -0.39 is 0 Å². The molecule has 0 aliphatic rings. The number of carbonyl (C=O) groups is 1. The maximum Gasteiger partial charge on any atom is 0.224 e. The van der Waals surface area contributed by atoms with E-state index in [0.29, 0.717) is 30.2 Å². The predicted molar refractivity (Wildman–Crippen MR) is 88.8 cm³/mol. The van der Waals surface area contributed by atoms with Crippen molar-refractivity contribution >= 4 is 11.6 Å². The second kappa shape index (κ2) is 8.14. The smallest absolute Gasteiger partial charge is 0.224 e. The number of nitrogens with two attached hydrogens (primary N) is 1. The van der Waals surface area contributed by atoms with Crippen LogP contribution in [0.15, 0.2) is 42.6 Å². The lowest BCUT2D eigenvalue weighted by atomic mass is 10.2. The van der Waals surface area contributed by atoms with E-state index in [-0.39, 0.29) is 11.9 Å². The van der Waals surface area contributed by atoms with Gasteiger partial charge in [-0.15, -0.1) is 0 Å². The third-order valence-electron chi connectivity index (χ3n) is 3.13. The van der Waals surface area contributed by atoms with Gasteiger partial charge < -0.3 is 20.5 Å². The number of hydrogen-bond donors (Lipinski definition) is 2. The van der Waals surface area contributed by atoms with Gasteiger partial charge in [0.2, 0.25) is 11.8 Å². The molecule has 0 radical (unpaired) electrons. The zero-order valence-electron chi connectivity index (χ0n) is 13.3. The molecule has 1 amide bonds. The van der Waals surface area contributed by atoms with Crippen LogP contribution in [-0.2, 0) is 4.79 Å². The van der Waals surface area contributed by atoms with Gasteiger partial charge >= 0.3 is 0 Å². The van der Waals surface area contributed by atoms with Crippen LogP contribution in [0.5, 0.6) is 17.4 Å². The second-order valence-electron chi connectivity index (χ2n) is 5.23. The van der Waals surface area contributed by atoms with Crippen LogP contribution >= 0.6 is 0 Å². The van der Waals surface area contributed by atoms with Crippen molar-refractivity contribution in [2.75, 3.05) is 12.4 Å². The highest BCUT2D eigenvalue weighted by Crippen LogP contribution is 2.23. The molecule has 6 heteroatoms. The van der Waals surface area contributed by atoms with Gasteiger partial charge in [0, 0.05) is 18.5 Å². The molecule has 1 heterocycles. The molecular weight excluding hydrogens is 294 g/mol. The Morgan fingerprint density at radius 3 is 2.48 bits per heavy atom. The number of pyridine rings is 1.